The second kappa shape index (κ2) is 3.72. The Morgan fingerprint density at radius 2 is 1.75 bits per heavy atom. The molecular formula is C7H16O4S. The van der Waals surface area contributed by atoms with Crippen LogP contribution in [0, 0.1) is 5.41 Å². The highest BCUT2D eigenvalue weighted by Crippen LogP contribution is 2.27. The van der Waals surface area contributed by atoms with Crippen LogP contribution in [-0.4, -0.2) is 29.9 Å². The fourth-order valence-electron chi connectivity index (χ4n) is 1.15. The largest absolute Gasteiger partial charge is 0.396 e. The molecule has 0 aliphatic heterocycles. The highest BCUT2D eigenvalue weighted by Gasteiger charge is 2.34. The summed E-state index contributed by atoms with van der Waals surface area (Å²) in [5.74, 6) is 0. The van der Waals surface area contributed by atoms with E-state index in [4.69, 9.17) is 9.66 Å². The Balaban J connectivity index is 4.70. The highest BCUT2D eigenvalue weighted by atomic mass is 32.2. The maximum Gasteiger partial charge on any atom is 0.268 e. The van der Waals surface area contributed by atoms with E-state index in [1.165, 1.54) is 0 Å². The van der Waals surface area contributed by atoms with Gasteiger partial charge < -0.3 is 5.11 Å². The van der Waals surface area contributed by atoms with Gasteiger partial charge in [0.05, 0.1) is 5.25 Å². The van der Waals surface area contributed by atoms with Gasteiger partial charge in [-0.25, -0.2) is 0 Å². The fourth-order valence-corrected chi connectivity index (χ4v) is 2.44. The molecule has 1 atom stereocenters. The van der Waals surface area contributed by atoms with E-state index in [-0.39, 0.29) is 13.0 Å². The van der Waals surface area contributed by atoms with Crippen LogP contribution in [0.15, 0.2) is 0 Å². The van der Waals surface area contributed by atoms with E-state index in [0.717, 1.165) is 0 Å². The number of hydrogen-bond donors (Lipinski definition) is 2. The Morgan fingerprint density at radius 3 is 1.83 bits per heavy atom. The molecule has 0 aliphatic rings. The van der Waals surface area contributed by atoms with Gasteiger partial charge in [0.25, 0.3) is 10.1 Å². The molecule has 0 fully saturated rings. The van der Waals surface area contributed by atoms with Crippen LogP contribution in [0.5, 0.6) is 0 Å². The zero-order valence-corrected chi connectivity index (χ0v) is 8.43. The predicted octanol–water partition coefficient (Wildman–Crippen LogP) is 0.671. The normalized spacial score (nSPS) is 16.1. The summed E-state index contributed by atoms with van der Waals surface area (Å²) < 4.78 is 30.4. The zero-order valence-electron chi connectivity index (χ0n) is 7.61. The molecule has 0 aromatic rings. The van der Waals surface area contributed by atoms with Gasteiger partial charge in [-0.15, -0.1) is 0 Å². The molecule has 0 aromatic heterocycles. The Bertz CT molecular complexity index is 224. The van der Waals surface area contributed by atoms with E-state index in [1.807, 2.05) is 0 Å². The van der Waals surface area contributed by atoms with Crippen molar-refractivity contribution in [3.63, 3.8) is 0 Å². The summed E-state index contributed by atoms with van der Waals surface area (Å²) in [6, 6.07) is 0. The van der Waals surface area contributed by atoms with Crippen LogP contribution in [-0.2, 0) is 10.1 Å². The van der Waals surface area contributed by atoms with E-state index in [9.17, 15) is 8.42 Å². The molecule has 74 valence electrons. The topological polar surface area (TPSA) is 74.6 Å². The van der Waals surface area contributed by atoms with Crippen molar-refractivity contribution in [2.24, 2.45) is 5.41 Å². The van der Waals surface area contributed by atoms with Crippen LogP contribution in [0.2, 0.25) is 0 Å². The lowest BCUT2D eigenvalue weighted by molar-refractivity contribution is 0.247. The maximum atomic E-state index is 10.8. The SMILES string of the molecule is CC(C)(C)C(CCO)S(=O)(=O)O. The molecule has 2 N–H and O–H groups in total. The first-order valence-electron chi connectivity index (χ1n) is 3.76. The molecule has 0 radical (unpaired) electrons. The summed E-state index contributed by atoms with van der Waals surface area (Å²) in [5, 5.41) is 7.69. The second-order valence-corrected chi connectivity index (χ2v) is 5.48. The van der Waals surface area contributed by atoms with E-state index in [2.05, 4.69) is 0 Å². The van der Waals surface area contributed by atoms with Crippen LogP contribution >= 0.6 is 0 Å². The van der Waals surface area contributed by atoms with Crippen LogP contribution in [0.25, 0.3) is 0 Å². The minimum atomic E-state index is -4.04. The smallest absolute Gasteiger partial charge is 0.268 e. The Kier molecular flexibility index (Phi) is 3.68. The van der Waals surface area contributed by atoms with E-state index in [1.54, 1.807) is 20.8 Å². The van der Waals surface area contributed by atoms with Crippen molar-refractivity contribution in [3.05, 3.63) is 0 Å². The van der Waals surface area contributed by atoms with Crippen molar-refractivity contribution in [1.82, 2.24) is 0 Å². The first-order valence-corrected chi connectivity index (χ1v) is 5.27. The maximum absolute atomic E-state index is 10.8. The summed E-state index contributed by atoms with van der Waals surface area (Å²) in [6.07, 6.45) is 0.0718. The lowest BCUT2D eigenvalue weighted by atomic mass is 9.90. The third-order valence-electron chi connectivity index (χ3n) is 1.72. The average Bonchev–Trinajstić information content (AvgIpc) is 1.77. The molecule has 12 heavy (non-hydrogen) atoms. The van der Waals surface area contributed by atoms with E-state index < -0.39 is 20.8 Å². The number of aliphatic hydroxyl groups is 1. The molecule has 0 saturated heterocycles. The minimum absolute atomic E-state index is 0.0718. The molecule has 4 nitrogen and oxygen atoms in total. The second-order valence-electron chi connectivity index (χ2n) is 3.88. The lowest BCUT2D eigenvalue weighted by Gasteiger charge is -2.27. The molecule has 5 heteroatoms. The Labute approximate surface area is 73.4 Å². The average molecular weight is 196 g/mol. The van der Waals surface area contributed by atoms with Gasteiger partial charge in [0.2, 0.25) is 0 Å². The van der Waals surface area contributed by atoms with Crippen molar-refractivity contribution in [2.45, 2.75) is 32.4 Å². The quantitative estimate of drug-likeness (QED) is 0.651. The molecule has 1 unspecified atom stereocenters. The molecule has 0 bridgehead atoms. The summed E-state index contributed by atoms with van der Waals surface area (Å²) >= 11 is 0. The first-order chi connectivity index (χ1) is 5.19. The van der Waals surface area contributed by atoms with E-state index >= 15 is 0 Å². The summed E-state index contributed by atoms with van der Waals surface area (Å²) in [7, 11) is -4.04. The van der Waals surface area contributed by atoms with Crippen LogP contribution in [0.1, 0.15) is 27.2 Å². The fraction of sp³-hybridized carbons (Fsp3) is 1.00. The van der Waals surface area contributed by atoms with Gasteiger partial charge >= 0.3 is 0 Å². The lowest BCUT2D eigenvalue weighted by Crippen LogP contribution is -2.34. The van der Waals surface area contributed by atoms with Gasteiger partial charge in [0.1, 0.15) is 0 Å². The van der Waals surface area contributed by atoms with Crippen LogP contribution < -0.4 is 0 Å². The zero-order chi connectivity index (χ0) is 9.99. The van der Waals surface area contributed by atoms with Crippen molar-refractivity contribution in [2.75, 3.05) is 6.61 Å². The Morgan fingerprint density at radius 1 is 1.33 bits per heavy atom. The third kappa shape index (κ3) is 3.51. The van der Waals surface area contributed by atoms with Gasteiger partial charge in [0, 0.05) is 6.61 Å². The molecule has 0 saturated carbocycles. The molecular weight excluding hydrogens is 180 g/mol. The van der Waals surface area contributed by atoms with E-state index in [0.29, 0.717) is 0 Å². The Hall–Kier alpha value is -0.130. The highest BCUT2D eigenvalue weighted by molar-refractivity contribution is 7.86. The monoisotopic (exact) mass is 196 g/mol. The third-order valence-corrected chi connectivity index (χ3v) is 3.38. The predicted molar refractivity (Wildman–Crippen MR) is 46.5 cm³/mol. The van der Waals surface area contributed by atoms with Gasteiger partial charge in [0.15, 0.2) is 0 Å². The summed E-state index contributed by atoms with van der Waals surface area (Å²) in [5.41, 5.74) is -0.545. The van der Waals surface area contributed by atoms with Gasteiger partial charge in [-0.05, 0) is 11.8 Å². The molecule has 0 aromatic carbocycles. The standard InChI is InChI=1S/C7H16O4S/c1-7(2,3)6(4-5-8)12(9,10)11/h6,8H,4-5H2,1-3H3,(H,9,10,11). The molecule has 0 amide bonds. The first kappa shape index (κ1) is 11.9. The number of hydrogen-bond acceptors (Lipinski definition) is 3. The van der Waals surface area contributed by atoms with Crippen molar-refractivity contribution < 1.29 is 18.1 Å². The van der Waals surface area contributed by atoms with Crippen molar-refractivity contribution in [1.29, 1.82) is 0 Å². The van der Waals surface area contributed by atoms with Gasteiger partial charge in [-0.3, -0.25) is 4.55 Å². The number of rotatable bonds is 3. The van der Waals surface area contributed by atoms with Crippen molar-refractivity contribution >= 4 is 10.1 Å². The van der Waals surface area contributed by atoms with Crippen LogP contribution in [0.3, 0.4) is 0 Å². The van der Waals surface area contributed by atoms with Gasteiger partial charge in [-0.2, -0.15) is 8.42 Å². The molecule has 0 aliphatic carbocycles. The van der Waals surface area contributed by atoms with Crippen molar-refractivity contribution in [3.8, 4) is 0 Å². The molecule has 0 heterocycles. The molecule has 0 rings (SSSR count). The number of aliphatic hydroxyl groups excluding tert-OH is 1. The molecule has 0 spiro atoms. The summed E-state index contributed by atoms with van der Waals surface area (Å²) in [6.45, 7) is 4.89. The minimum Gasteiger partial charge on any atom is -0.396 e. The summed E-state index contributed by atoms with van der Waals surface area (Å²) in [4.78, 5) is 0. The van der Waals surface area contributed by atoms with Crippen LogP contribution in [0.4, 0.5) is 0 Å². The van der Waals surface area contributed by atoms with Gasteiger partial charge in [-0.1, -0.05) is 20.8 Å².